The Bertz CT molecular complexity index is 660. The van der Waals surface area contributed by atoms with Crippen LogP contribution in [0.4, 0.5) is 0 Å². The molecule has 1 unspecified atom stereocenters. The van der Waals surface area contributed by atoms with Crippen LogP contribution in [0.5, 0.6) is 0 Å². The highest BCUT2D eigenvalue weighted by Gasteiger charge is 2.27. The number of rotatable bonds is 5. The van der Waals surface area contributed by atoms with Crippen LogP contribution in [-0.4, -0.2) is 71.4 Å². The Balaban J connectivity index is 1.59. The van der Waals surface area contributed by atoms with E-state index in [1.807, 2.05) is 37.1 Å². The van der Waals surface area contributed by atoms with Gasteiger partial charge in [0, 0.05) is 26.2 Å². The third-order valence-corrected chi connectivity index (χ3v) is 5.89. The van der Waals surface area contributed by atoms with Crippen molar-refractivity contribution in [1.29, 1.82) is 0 Å². The molecule has 0 bridgehead atoms. The smallest absolute Gasteiger partial charge is 0.239 e. The summed E-state index contributed by atoms with van der Waals surface area (Å²) < 4.78 is 1.20. The van der Waals surface area contributed by atoms with E-state index in [2.05, 4.69) is 27.8 Å². The first-order valence-corrected chi connectivity index (χ1v) is 9.46. The van der Waals surface area contributed by atoms with Gasteiger partial charge in [0.15, 0.2) is 0 Å². The van der Waals surface area contributed by atoms with Gasteiger partial charge in [-0.25, -0.2) is 4.98 Å². The summed E-state index contributed by atoms with van der Waals surface area (Å²) in [4.78, 5) is 23.9. The Morgan fingerprint density at radius 1 is 1.29 bits per heavy atom. The number of piperazine rings is 1. The lowest BCUT2D eigenvalue weighted by molar-refractivity contribution is -0.137. The number of para-hydroxylation sites is 1. The second-order valence-corrected chi connectivity index (χ2v) is 7.54. The van der Waals surface area contributed by atoms with E-state index < -0.39 is 0 Å². The first-order chi connectivity index (χ1) is 11.6. The quantitative estimate of drug-likeness (QED) is 0.833. The molecule has 2 heterocycles. The minimum absolute atomic E-state index is 0.120. The zero-order chi connectivity index (χ0) is 17.1. The molecule has 3 rings (SSSR count). The van der Waals surface area contributed by atoms with Crippen molar-refractivity contribution < 1.29 is 4.79 Å². The predicted molar refractivity (Wildman–Crippen MR) is 99.2 cm³/mol. The molecule has 1 saturated heterocycles. The molecule has 6 heteroatoms. The van der Waals surface area contributed by atoms with Crippen LogP contribution in [-0.2, 0) is 11.3 Å². The number of amides is 1. The Morgan fingerprint density at radius 3 is 2.67 bits per heavy atom. The number of hydrogen-bond acceptors (Lipinski definition) is 5. The average molecular weight is 347 g/mol. The minimum atomic E-state index is -0.120. The van der Waals surface area contributed by atoms with Crippen LogP contribution in [0.25, 0.3) is 10.2 Å². The van der Waals surface area contributed by atoms with Gasteiger partial charge in [0.25, 0.3) is 0 Å². The van der Waals surface area contributed by atoms with Crippen LogP contribution < -0.4 is 0 Å². The molecule has 0 aliphatic carbocycles. The van der Waals surface area contributed by atoms with Gasteiger partial charge in [0.2, 0.25) is 5.91 Å². The largest absolute Gasteiger partial charge is 0.339 e. The third kappa shape index (κ3) is 3.77. The molecule has 1 atom stereocenters. The Morgan fingerprint density at radius 2 is 2.00 bits per heavy atom. The topological polar surface area (TPSA) is 39.7 Å². The summed E-state index contributed by atoms with van der Waals surface area (Å²) >= 11 is 1.71. The number of fused-ring (bicyclic) bond motifs is 1. The van der Waals surface area contributed by atoms with Gasteiger partial charge < -0.3 is 9.80 Å². The average Bonchev–Trinajstić information content (AvgIpc) is 3.02. The standard InChI is InChI=1S/C18H26N4OS/c1-4-21-9-11-22(12-10-21)18(23)14(2)20(3)13-17-19-15-7-5-6-8-16(15)24-17/h5-8,14H,4,9-13H2,1-3H3. The summed E-state index contributed by atoms with van der Waals surface area (Å²) in [5.74, 6) is 0.231. The van der Waals surface area contributed by atoms with E-state index in [4.69, 9.17) is 0 Å². The van der Waals surface area contributed by atoms with E-state index in [-0.39, 0.29) is 11.9 Å². The summed E-state index contributed by atoms with van der Waals surface area (Å²) in [6, 6.07) is 8.06. The first-order valence-electron chi connectivity index (χ1n) is 8.64. The van der Waals surface area contributed by atoms with Crippen LogP contribution in [0, 0.1) is 0 Å². The number of carbonyl (C=O) groups excluding carboxylic acids is 1. The molecule has 1 aromatic heterocycles. The molecule has 2 aromatic rings. The van der Waals surface area contributed by atoms with Gasteiger partial charge in [0.05, 0.1) is 22.8 Å². The predicted octanol–water partition coefficient (Wildman–Crippen LogP) is 2.28. The van der Waals surface area contributed by atoms with Crippen LogP contribution in [0.3, 0.4) is 0 Å². The molecule has 1 aliphatic rings. The number of hydrogen-bond donors (Lipinski definition) is 0. The molecule has 0 saturated carbocycles. The van der Waals surface area contributed by atoms with Crippen molar-refractivity contribution in [2.75, 3.05) is 39.8 Å². The fourth-order valence-electron chi connectivity index (χ4n) is 3.08. The monoisotopic (exact) mass is 346 g/mol. The Hall–Kier alpha value is -1.50. The first kappa shape index (κ1) is 17.3. The zero-order valence-corrected chi connectivity index (χ0v) is 15.6. The van der Waals surface area contributed by atoms with Crippen molar-refractivity contribution in [1.82, 2.24) is 19.7 Å². The van der Waals surface area contributed by atoms with Crippen LogP contribution in [0.1, 0.15) is 18.9 Å². The number of likely N-dealkylation sites (N-methyl/N-ethyl adjacent to an activating group) is 2. The van der Waals surface area contributed by atoms with Crippen molar-refractivity contribution in [2.45, 2.75) is 26.4 Å². The van der Waals surface area contributed by atoms with E-state index >= 15 is 0 Å². The number of thiazole rings is 1. The fourth-order valence-corrected chi connectivity index (χ4v) is 4.11. The summed E-state index contributed by atoms with van der Waals surface area (Å²) in [5, 5.41) is 1.06. The van der Waals surface area contributed by atoms with E-state index in [1.165, 1.54) is 4.70 Å². The highest BCUT2D eigenvalue weighted by molar-refractivity contribution is 7.18. The Labute approximate surface area is 147 Å². The van der Waals surface area contributed by atoms with Crippen molar-refractivity contribution in [3.8, 4) is 0 Å². The second kappa shape index (κ2) is 7.59. The Kier molecular flexibility index (Phi) is 5.48. The summed E-state index contributed by atoms with van der Waals surface area (Å²) in [7, 11) is 2.01. The van der Waals surface area contributed by atoms with E-state index in [9.17, 15) is 4.79 Å². The lowest BCUT2D eigenvalue weighted by atomic mass is 10.2. The van der Waals surface area contributed by atoms with Crippen LogP contribution in [0.15, 0.2) is 24.3 Å². The normalized spacial score (nSPS) is 17.6. The number of aromatic nitrogens is 1. The molecule has 0 N–H and O–H groups in total. The van der Waals surface area contributed by atoms with Crippen molar-refractivity contribution in [3.63, 3.8) is 0 Å². The highest BCUT2D eigenvalue weighted by Crippen LogP contribution is 2.23. The minimum Gasteiger partial charge on any atom is -0.339 e. The maximum atomic E-state index is 12.7. The van der Waals surface area contributed by atoms with Crippen LogP contribution >= 0.6 is 11.3 Å². The molecule has 0 radical (unpaired) electrons. The summed E-state index contributed by atoms with van der Waals surface area (Å²) in [5.41, 5.74) is 1.04. The van der Waals surface area contributed by atoms with Gasteiger partial charge >= 0.3 is 0 Å². The molecule has 130 valence electrons. The van der Waals surface area contributed by atoms with Crippen molar-refractivity contribution in [3.05, 3.63) is 29.3 Å². The molecule has 1 amide bonds. The molecule has 5 nitrogen and oxygen atoms in total. The lowest BCUT2D eigenvalue weighted by Gasteiger charge is -2.36. The highest BCUT2D eigenvalue weighted by atomic mass is 32.1. The second-order valence-electron chi connectivity index (χ2n) is 6.43. The number of nitrogens with zero attached hydrogens (tertiary/aromatic N) is 4. The molecule has 1 aliphatic heterocycles. The van der Waals surface area contributed by atoms with Gasteiger partial charge in [0.1, 0.15) is 5.01 Å². The SMILES string of the molecule is CCN1CCN(C(=O)C(C)N(C)Cc2nc3ccccc3s2)CC1. The van der Waals surface area contributed by atoms with Gasteiger partial charge in [-0.3, -0.25) is 9.69 Å². The fraction of sp³-hybridized carbons (Fsp3) is 0.556. The summed E-state index contributed by atoms with van der Waals surface area (Å²) in [6.07, 6.45) is 0. The van der Waals surface area contributed by atoms with E-state index in [0.717, 1.165) is 43.2 Å². The van der Waals surface area contributed by atoms with E-state index in [1.54, 1.807) is 11.3 Å². The molecule has 0 spiro atoms. The van der Waals surface area contributed by atoms with Crippen molar-refractivity contribution >= 4 is 27.5 Å². The maximum absolute atomic E-state index is 12.7. The van der Waals surface area contributed by atoms with Gasteiger partial charge in [-0.15, -0.1) is 11.3 Å². The molecule has 1 fully saturated rings. The lowest BCUT2D eigenvalue weighted by Crippen LogP contribution is -2.53. The van der Waals surface area contributed by atoms with Crippen LogP contribution in [0.2, 0.25) is 0 Å². The number of carbonyl (C=O) groups is 1. The van der Waals surface area contributed by atoms with Gasteiger partial charge in [-0.2, -0.15) is 0 Å². The molecular weight excluding hydrogens is 320 g/mol. The van der Waals surface area contributed by atoms with Gasteiger partial charge in [-0.1, -0.05) is 19.1 Å². The third-order valence-electron chi connectivity index (χ3n) is 4.87. The van der Waals surface area contributed by atoms with E-state index in [0.29, 0.717) is 6.54 Å². The summed E-state index contributed by atoms with van der Waals surface area (Å²) in [6.45, 7) is 9.59. The zero-order valence-electron chi connectivity index (χ0n) is 14.7. The number of benzene rings is 1. The molecule has 1 aromatic carbocycles. The maximum Gasteiger partial charge on any atom is 0.239 e. The molecular formula is C18H26N4OS. The van der Waals surface area contributed by atoms with Crippen molar-refractivity contribution in [2.24, 2.45) is 0 Å². The van der Waals surface area contributed by atoms with Gasteiger partial charge in [-0.05, 0) is 32.6 Å². The molecule has 24 heavy (non-hydrogen) atoms.